The molecule has 0 spiro atoms. The Hall–Kier alpha value is -1.12. The molecule has 84 valence electrons. The quantitative estimate of drug-likeness (QED) is 0.689. The highest BCUT2D eigenvalue weighted by Gasteiger charge is 2.22. The zero-order valence-electron chi connectivity index (χ0n) is 9.79. The summed E-state index contributed by atoms with van der Waals surface area (Å²) in [6.45, 7) is 6.63. The van der Waals surface area contributed by atoms with E-state index in [1.165, 1.54) is 12.8 Å². The van der Waals surface area contributed by atoms with Crippen LogP contribution in [-0.2, 0) is 4.79 Å². The fraction of sp³-hybridized carbons (Fsp3) is 0.667. The molecule has 1 amide bonds. The summed E-state index contributed by atoms with van der Waals surface area (Å²) in [5.41, 5.74) is 0.535. The third-order valence-corrected chi connectivity index (χ3v) is 2.20. The maximum atomic E-state index is 11.7. The smallest absolute Gasteiger partial charge is 0.269 e. The molecule has 1 saturated carbocycles. The molecular formula is C12H20N2O. The van der Waals surface area contributed by atoms with Crippen molar-refractivity contribution in [2.45, 2.75) is 39.7 Å². The standard InChI is InChI=1S/C12H20N2O/c1-4-5-11(14-9(2)3)12(15)13-8-10-6-7-10/h4-5,9-10H,6-8H2,1-3H3,(H,13,15)/b5-4-,14-11+. The number of aliphatic imine (C=N–C) groups is 1. The van der Waals surface area contributed by atoms with Crippen molar-refractivity contribution in [2.24, 2.45) is 10.9 Å². The second-order valence-electron chi connectivity index (χ2n) is 4.26. The summed E-state index contributed by atoms with van der Waals surface area (Å²) < 4.78 is 0. The molecule has 15 heavy (non-hydrogen) atoms. The van der Waals surface area contributed by atoms with Crippen molar-refractivity contribution in [3.8, 4) is 0 Å². The largest absolute Gasteiger partial charge is 0.350 e. The van der Waals surface area contributed by atoms with Crippen molar-refractivity contribution in [2.75, 3.05) is 6.54 Å². The van der Waals surface area contributed by atoms with Crippen LogP contribution in [0.15, 0.2) is 17.1 Å². The van der Waals surface area contributed by atoms with E-state index in [1.807, 2.05) is 26.8 Å². The number of hydrogen-bond acceptors (Lipinski definition) is 2. The molecule has 1 N–H and O–H groups in total. The molecule has 0 aromatic rings. The first-order valence-corrected chi connectivity index (χ1v) is 5.62. The maximum Gasteiger partial charge on any atom is 0.269 e. The summed E-state index contributed by atoms with van der Waals surface area (Å²) >= 11 is 0. The van der Waals surface area contributed by atoms with Gasteiger partial charge in [-0.25, -0.2) is 0 Å². The van der Waals surface area contributed by atoms with Gasteiger partial charge in [0.05, 0.1) is 0 Å². The summed E-state index contributed by atoms with van der Waals surface area (Å²) in [7, 11) is 0. The number of hydrogen-bond donors (Lipinski definition) is 1. The van der Waals surface area contributed by atoms with E-state index in [1.54, 1.807) is 6.08 Å². The first-order chi connectivity index (χ1) is 7.13. The molecule has 0 unspecified atom stereocenters. The van der Waals surface area contributed by atoms with E-state index < -0.39 is 0 Å². The van der Waals surface area contributed by atoms with Gasteiger partial charge in [0.1, 0.15) is 5.71 Å². The molecule has 0 aromatic heterocycles. The molecule has 0 aromatic carbocycles. The average Bonchev–Trinajstić information content (AvgIpc) is 2.96. The van der Waals surface area contributed by atoms with Crippen LogP contribution in [0.1, 0.15) is 33.6 Å². The fourth-order valence-corrected chi connectivity index (χ4v) is 1.26. The van der Waals surface area contributed by atoms with Crippen molar-refractivity contribution in [1.29, 1.82) is 0 Å². The molecule has 1 aliphatic carbocycles. The summed E-state index contributed by atoms with van der Waals surface area (Å²) in [4.78, 5) is 16.0. The van der Waals surface area contributed by atoms with Gasteiger partial charge in [0.2, 0.25) is 0 Å². The van der Waals surface area contributed by atoms with Crippen LogP contribution >= 0.6 is 0 Å². The van der Waals surface area contributed by atoms with E-state index in [2.05, 4.69) is 10.3 Å². The van der Waals surface area contributed by atoms with Crippen molar-refractivity contribution in [3.63, 3.8) is 0 Å². The molecule has 0 saturated heterocycles. The summed E-state index contributed by atoms with van der Waals surface area (Å²) in [5, 5.41) is 2.91. The number of amides is 1. The van der Waals surface area contributed by atoms with Crippen LogP contribution in [0.5, 0.6) is 0 Å². The van der Waals surface area contributed by atoms with Gasteiger partial charge in [0.25, 0.3) is 5.91 Å². The highest BCUT2D eigenvalue weighted by molar-refractivity contribution is 6.43. The minimum Gasteiger partial charge on any atom is -0.350 e. The lowest BCUT2D eigenvalue weighted by Crippen LogP contribution is -2.32. The van der Waals surface area contributed by atoms with Gasteiger partial charge in [0.15, 0.2) is 0 Å². The molecule has 0 aliphatic heterocycles. The van der Waals surface area contributed by atoms with Gasteiger partial charge in [-0.15, -0.1) is 0 Å². The lowest BCUT2D eigenvalue weighted by atomic mass is 10.3. The van der Waals surface area contributed by atoms with Gasteiger partial charge in [-0.3, -0.25) is 9.79 Å². The topological polar surface area (TPSA) is 41.5 Å². The molecule has 0 heterocycles. The van der Waals surface area contributed by atoms with Crippen molar-refractivity contribution in [3.05, 3.63) is 12.2 Å². The predicted molar refractivity (Wildman–Crippen MR) is 63.1 cm³/mol. The van der Waals surface area contributed by atoms with Gasteiger partial charge in [0, 0.05) is 12.6 Å². The fourth-order valence-electron chi connectivity index (χ4n) is 1.26. The molecular weight excluding hydrogens is 188 g/mol. The first-order valence-electron chi connectivity index (χ1n) is 5.62. The Kier molecular flexibility index (Phi) is 4.53. The van der Waals surface area contributed by atoms with Crippen molar-refractivity contribution < 1.29 is 4.79 Å². The molecule has 3 nitrogen and oxygen atoms in total. The molecule has 0 bridgehead atoms. The van der Waals surface area contributed by atoms with E-state index >= 15 is 0 Å². The highest BCUT2D eigenvalue weighted by atomic mass is 16.1. The molecule has 1 aliphatic rings. The van der Waals surface area contributed by atoms with Crippen LogP contribution in [0.2, 0.25) is 0 Å². The van der Waals surface area contributed by atoms with Crippen molar-refractivity contribution >= 4 is 11.6 Å². The average molecular weight is 208 g/mol. The second kappa shape index (κ2) is 5.69. The monoisotopic (exact) mass is 208 g/mol. The zero-order chi connectivity index (χ0) is 11.3. The number of rotatable bonds is 5. The number of carbonyl (C=O) groups is 1. The second-order valence-corrected chi connectivity index (χ2v) is 4.26. The van der Waals surface area contributed by atoms with Crippen molar-refractivity contribution in [1.82, 2.24) is 5.32 Å². The third-order valence-electron chi connectivity index (χ3n) is 2.20. The maximum absolute atomic E-state index is 11.7. The molecule has 0 radical (unpaired) electrons. The van der Waals surface area contributed by atoms with E-state index in [9.17, 15) is 4.79 Å². The summed E-state index contributed by atoms with van der Waals surface area (Å²) in [5.74, 6) is 0.661. The lowest BCUT2D eigenvalue weighted by molar-refractivity contribution is -0.114. The number of carbonyl (C=O) groups excluding carboxylic acids is 1. The van der Waals surface area contributed by atoms with Crippen LogP contribution < -0.4 is 5.32 Å². The number of nitrogens with one attached hydrogen (secondary N) is 1. The minimum absolute atomic E-state index is 0.0475. The molecule has 3 heteroatoms. The predicted octanol–water partition coefficient (Wildman–Crippen LogP) is 1.94. The molecule has 1 fully saturated rings. The van der Waals surface area contributed by atoms with Crippen LogP contribution in [0.4, 0.5) is 0 Å². The molecule has 1 rings (SSSR count). The highest BCUT2D eigenvalue weighted by Crippen LogP contribution is 2.27. The Labute approximate surface area is 91.7 Å². The van der Waals surface area contributed by atoms with Gasteiger partial charge >= 0.3 is 0 Å². The lowest BCUT2D eigenvalue weighted by Gasteiger charge is -2.05. The first kappa shape index (κ1) is 12.0. The summed E-state index contributed by atoms with van der Waals surface area (Å²) in [6.07, 6.45) is 6.11. The Morgan fingerprint density at radius 3 is 2.67 bits per heavy atom. The third kappa shape index (κ3) is 4.77. The Balaban J connectivity index is 2.49. The SMILES string of the molecule is C/C=C\C(=N/C(C)C)C(=O)NCC1CC1. The number of nitrogens with zero attached hydrogens (tertiary/aromatic N) is 1. The van der Waals surface area contributed by atoms with E-state index in [0.717, 1.165) is 6.54 Å². The zero-order valence-corrected chi connectivity index (χ0v) is 9.79. The normalized spacial score (nSPS) is 17.5. The van der Waals surface area contributed by atoms with Crippen LogP contribution in [0.25, 0.3) is 0 Å². The van der Waals surface area contributed by atoms with Gasteiger partial charge in [-0.05, 0) is 45.6 Å². The Bertz CT molecular complexity index is 275. The van der Waals surface area contributed by atoms with E-state index in [-0.39, 0.29) is 11.9 Å². The Morgan fingerprint density at radius 2 is 2.20 bits per heavy atom. The van der Waals surface area contributed by atoms with E-state index in [0.29, 0.717) is 11.6 Å². The van der Waals surface area contributed by atoms with Crippen LogP contribution in [0, 0.1) is 5.92 Å². The van der Waals surface area contributed by atoms with Crippen LogP contribution in [-0.4, -0.2) is 24.2 Å². The van der Waals surface area contributed by atoms with Gasteiger partial charge in [-0.1, -0.05) is 6.08 Å². The van der Waals surface area contributed by atoms with Gasteiger partial charge in [-0.2, -0.15) is 0 Å². The minimum atomic E-state index is -0.0475. The summed E-state index contributed by atoms with van der Waals surface area (Å²) in [6, 6.07) is 0.155. The Morgan fingerprint density at radius 1 is 1.53 bits per heavy atom. The number of allylic oxidation sites excluding steroid dienone is 1. The molecule has 0 atom stereocenters. The van der Waals surface area contributed by atoms with Gasteiger partial charge < -0.3 is 5.32 Å². The van der Waals surface area contributed by atoms with Crippen LogP contribution in [0.3, 0.4) is 0 Å². The van der Waals surface area contributed by atoms with E-state index in [4.69, 9.17) is 0 Å².